The van der Waals surface area contributed by atoms with E-state index in [4.69, 9.17) is 4.98 Å². The molecular weight excluding hydrogens is 336 g/mol. The van der Waals surface area contributed by atoms with Crippen molar-refractivity contribution in [2.45, 2.75) is 57.4 Å². The first-order valence-electron chi connectivity index (χ1n) is 10.3. The maximum atomic E-state index is 13.0. The van der Waals surface area contributed by atoms with Gasteiger partial charge in [-0.3, -0.25) is 4.79 Å². The van der Waals surface area contributed by atoms with Crippen molar-refractivity contribution in [3.8, 4) is 11.4 Å². The Bertz CT molecular complexity index is 763. The highest BCUT2D eigenvalue weighted by Crippen LogP contribution is 2.24. The fraction of sp³-hybridized carbons (Fsp3) is 0.500. The molecule has 142 valence electrons. The fourth-order valence-corrected chi connectivity index (χ4v) is 4.06. The number of carbonyl (C=O) groups excluding carboxylic acids is 1. The lowest BCUT2D eigenvalue weighted by Gasteiger charge is -2.19. The number of hydrogen-bond acceptors (Lipinski definition) is 4. The third-order valence-electron chi connectivity index (χ3n) is 5.60. The van der Waals surface area contributed by atoms with Crippen molar-refractivity contribution in [2.24, 2.45) is 0 Å². The lowest BCUT2D eigenvalue weighted by atomic mass is 10.1. The fourth-order valence-electron chi connectivity index (χ4n) is 4.06. The first-order valence-corrected chi connectivity index (χ1v) is 10.3. The smallest absolute Gasteiger partial charge is 0.270 e. The molecule has 1 aromatic heterocycles. The van der Waals surface area contributed by atoms with E-state index in [2.05, 4.69) is 15.2 Å². The van der Waals surface area contributed by atoms with E-state index in [0.29, 0.717) is 11.5 Å². The van der Waals surface area contributed by atoms with Crippen LogP contribution < -0.4 is 10.2 Å². The Balaban J connectivity index is 1.62. The van der Waals surface area contributed by atoms with Crippen LogP contribution in [0.4, 0.5) is 5.82 Å². The van der Waals surface area contributed by atoms with Gasteiger partial charge in [-0.1, -0.05) is 56.0 Å². The number of carbonyl (C=O) groups is 1. The molecule has 0 radical (unpaired) electrons. The number of aromatic nitrogens is 2. The molecule has 5 heteroatoms. The van der Waals surface area contributed by atoms with E-state index in [1.807, 2.05) is 36.4 Å². The van der Waals surface area contributed by atoms with Crippen LogP contribution in [0.3, 0.4) is 0 Å². The standard InChI is InChI=1S/C22H28N4O/c27-22(23-18-12-6-1-2-7-13-18)19-16-20(26-14-8-9-15-26)25-21(24-19)17-10-4-3-5-11-17/h3-5,10-11,16,18H,1-2,6-9,12-15H2,(H,23,27). The first kappa shape index (κ1) is 18.0. The molecule has 1 amide bonds. The van der Waals surface area contributed by atoms with Crippen LogP contribution >= 0.6 is 0 Å². The van der Waals surface area contributed by atoms with Crippen LogP contribution in [0.2, 0.25) is 0 Å². The number of rotatable bonds is 4. The summed E-state index contributed by atoms with van der Waals surface area (Å²) in [5.41, 5.74) is 1.43. The molecule has 2 fully saturated rings. The first-order chi connectivity index (χ1) is 13.3. The van der Waals surface area contributed by atoms with E-state index >= 15 is 0 Å². The number of anilines is 1. The molecular formula is C22H28N4O. The van der Waals surface area contributed by atoms with Gasteiger partial charge in [0.05, 0.1) is 0 Å². The molecule has 27 heavy (non-hydrogen) atoms. The van der Waals surface area contributed by atoms with E-state index in [9.17, 15) is 4.79 Å². The van der Waals surface area contributed by atoms with Gasteiger partial charge in [0.2, 0.25) is 0 Å². The largest absolute Gasteiger partial charge is 0.356 e. The zero-order valence-electron chi connectivity index (χ0n) is 15.9. The molecule has 2 aliphatic rings. The molecule has 4 rings (SSSR count). The minimum absolute atomic E-state index is 0.0677. The summed E-state index contributed by atoms with van der Waals surface area (Å²) in [5, 5.41) is 3.22. The maximum Gasteiger partial charge on any atom is 0.270 e. The molecule has 0 bridgehead atoms. The van der Waals surface area contributed by atoms with Gasteiger partial charge < -0.3 is 10.2 Å². The Hall–Kier alpha value is -2.43. The number of nitrogens with zero attached hydrogens (tertiary/aromatic N) is 3. The Morgan fingerprint density at radius 2 is 1.63 bits per heavy atom. The van der Waals surface area contributed by atoms with E-state index in [0.717, 1.165) is 37.3 Å². The summed E-state index contributed by atoms with van der Waals surface area (Å²) >= 11 is 0. The molecule has 1 N–H and O–H groups in total. The molecule has 1 saturated carbocycles. The van der Waals surface area contributed by atoms with Crippen LogP contribution in [0.15, 0.2) is 36.4 Å². The number of nitrogens with one attached hydrogen (secondary N) is 1. The average Bonchev–Trinajstić information content (AvgIpc) is 3.14. The average molecular weight is 364 g/mol. The van der Waals surface area contributed by atoms with Crippen LogP contribution in [0.25, 0.3) is 11.4 Å². The third-order valence-corrected chi connectivity index (χ3v) is 5.60. The highest BCUT2D eigenvalue weighted by atomic mass is 16.1. The Morgan fingerprint density at radius 3 is 2.33 bits per heavy atom. The topological polar surface area (TPSA) is 58.1 Å². The SMILES string of the molecule is O=C(NC1CCCCCC1)c1cc(N2CCCC2)nc(-c2ccccc2)n1. The number of hydrogen-bond donors (Lipinski definition) is 1. The lowest BCUT2D eigenvalue weighted by molar-refractivity contribution is 0.0928. The third kappa shape index (κ3) is 4.46. The second kappa shape index (κ2) is 8.51. The number of amides is 1. The Kier molecular flexibility index (Phi) is 5.66. The Labute approximate surface area is 161 Å². The van der Waals surface area contributed by atoms with Gasteiger partial charge in [-0.2, -0.15) is 0 Å². The van der Waals surface area contributed by atoms with Crippen LogP contribution in [-0.4, -0.2) is 35.0 Å². The van der Waals surface area contributed by atoms with Gasteiger partial charge in [0, 0.05) is 30.8 Å². The van der Waals surface area contributed by atoms with Crippen molar-refractivity contribution in [1.82, 2.24) is 15.3 Å². The summed E-state index contributed by atoms with van der Waals surface area (Å²) in [6.07, 6.45) is 9.44. The van der Waals surface area contributed by atoms with Crippen molar-refractivity contribution in [1.29, 1.82) is 0 Å². The minimum Gasteiger partial charge on any atom is -0.356 e. The molecule has 0 spiro atoms. The van der Waals surface area contributed by atoms with Crippen molar-refractivity contribution in [3.63, 3.8) is 0 Å². The van der Waals surface area contributed by atoms with Crippen molar-refractivity contribution < 1.29 is 4.79 Å². The van der Waals surface area contributed by atoms with Crippen LogP contribution in [0.5, 0.6) is 0 Å². The van der Waals surface area contributed by atoms with Gasteiger partial charge in [-0.15, -0.1) is 0 Å². The summed E-state index contributed by atoms with van der Waals surface area (Å²) in [4.78, 5) is 24.6. The van der Waals surface area contributed by atoms with E-state index in [-0.39, 0.29) is 11.9 Å². The van der Waals surface area contributed by atoms with Gasteiger partial charge in [-0.05, 0) is 25.7 Å². The van der Waals surface area contributed by atoms with E-state index in [1.165, 1.54) is 38.5 Å². The summed E-state index contributed by atoms with van der Waals surface area (Å²) in [6.45, 7) is 1.99. The second-order valence-corrected chi connectivity index (χ2v) is 7.66. The van der Waals surface area contributed by atoms with Gasteiger partial charge in [0.1, 0.15) is 11.5 Å². The predicted molar refractivity (Wildman–Crippen MR) is 108 cm³/mol. The lowest BCUT2D eigenvalue weighted by Crippen LogP contribution is -2.35. The summed E-state index contributed by atoms with van der Waals surface area (Å²) < 4.78 is 0. The van der Waals surface area contributed by atoms with Gasteiger partial charge in [-0.25, -0.2) is 9.97 Å². The quantitative estimate of drug-likeness (QED) is 0.826. The molecule has 1 aromatic carbocycles. The van der Waals surface area contributed by atoms with Crippen molar-refractivity contribution in [3.05, 3.63) is 42.1 Å². The minimum atomic E-state index is -0.0677. The van der Waals surface area contributed by atoms with Gasteiger partial charge >= 0.3 is 0 Å². The number of benzene rings is 1. The van der Waals surface area contributed by atoms with Crippen LogP contribution in [-0.2, 0) is 0 Å². The molecule has 2 aromatic rings. The van der Waals surface area contributed by atoms with Gasteiger partial charge in [0.15, 0.2) is 5.82 Å². The van der Waals surface area contributed by atoms with Gasteiger partial charge in [0.25, 0.3) is 5.91 Å². The highest BCUT2D eigenvalue weighted by Gasteiger charge is 2.21. The monoisotopic (exact) mass is 364 g/mol. The molecule has 5 nitrogen and oxygen atoms in total. The molecule has 0 atom stereocenters. The van der Waals surface area contributed by atoms with Crippen LogP contribution in [0.1, 0.15) is 61.9 Å². The highest BCUT2D eigenvalue weighted by molar-refractivity contribution is 5.93. The molecule has 1 saturated heterocycles. The summed E-state index contributed by atoms with van der Waals surface area (Å²) in [6, 6.07) is 12.1. The Morgan fingerprint density at radius 1 is 0.926 bits per heavy atom. The zero-order valence-corrected chi connectivity index (χ0v) is 15.9. The van der Waals surface area contributed by atoms with Crippen LogP contribution in [0, 0.1) is 0 Å². The molecule has 0 unspecified atom stereocenters. The normalized spacial score (nSPS) is 18.3. The van der Waals surface area contributed by atoms with E-state index in [1.54, 1.807) is 0 Å². The molecule has 2 heterocycles. The predicted octanol–water partition coefficient (Wildman–Crippen LogP) is 4.20. The second-order valence-electron chi connectivity index (χ2n) is 7.66. The summed E-state index contributed by atoms with van der Waals surface area (Å²) in [5.74, 6) is 1.43. The van der Waals surface area contributed by atoms with Crippen molar-refractivity contribution >= 4 is 11.7 Å². The zero-order chi connectivity index (χ0) is 18.5. The summed E-state index contributed by atoms with van der Waals surface area (Å²) in [7, 11) is 0. The van der Waals surface area contributed by atoms with Crippen molar-refractivity contribution in [2.75, 3.05) is 18.0 Å². The van der Waals surface area contributed by atoms with E-state index < -0.39 is 0 Å². The maximum absolute atomic E-state index is 13.0. The molecule has 1 aliphatic heterocycles. The molecule has 1 aliphatic carbocycles.